The predicted octanol–water partition coefficient (Wildman–Crippen LogP) is 1.32. The van der Waals surface area contributed by atoms with E-state index >= 15 is 0 Å². The summed E-state index contributed by atoms with van der Waals surface area (Å²) in [7, 11) is 1.61. The first-order valence-corrected chi connectivity index (χ1v) is 11.0. The third kappa shape index (κ3) is 4.16. The molecule has 1 fully saturated rings. The molecule has 5 N–H and O–H groups in total. The van der Waals surface area contributed by atoms with Gasteiger partial charge in [-0.3, -0.25) is 0 Å². The molecule has 162 valence electrons. The highest BCUT2D eigenvalue weighted by atomic mass is 32.2. The Morgan fingerprint density at radius 2 is 1.93 bits per heavy atom. The molecule has 2 aliphatic heterocycles. The maximum Gasteiger partial charge on any atom is 0.122 e. The molecule has 30 heavy (non-hydrogen) atoms. The zero-order valence-corrected chi connectivity index (χ0v) is 17.5. The second-order valence-electron chi connectivity index (χ2n) is 7.60. The minimum absolute atomic E-state index is 0.454. The fourth-order valence-electron chi connectivity index (χ4n) is 4.01. The summed E-state index contributed by atoms with van der Waals surface area (Å²) in [5, 5.41) is 43.5. The summed E-state index contributed by atoms with van der Waals surface area (Å²) in [6.07, 6.45) is -5.28. The predicted molar refractivity (Wildman–Crippen MR) is 114 cm³/mol. The van der Waals surface area contributed by atoms with E-state index in [9.17, 15) is 20.4 Å². The molecule has 0 radical (unpaired) electrons. The molecule has 8 heteroatoms. The van der Waals surface area contributed by atoms with Gasteiger partial charge in [0, 0.05) is 29.3 Å². The van der Waals surface area contributed by atoms with E-state index in [1.54, 1.807) is 19.2 Å². The topological polar surface area (TPSA) is 111 Å². The second kappa shape index (κ2) is 9.13. The summed E-state index contributed by atoms with van der Waals surface area (Å²) < 4.78 is 11.2. The van der Waals surface area contributed by atoms with Crippen LogP contribution in [0.1, 0.15) is 22.8 Å². The van der Waals surface area contributed by atoms with Gasteiger partial charge in [0.1, 0.15) is 36.3 Å². The van der Waals surface area contributed by atoms with Crippen LogP contribution in [-0.4, -0.2) is 70.9 Å². The number of hydrogen-bond donors (Lipinski definition) is 5. The molecule has 0 bridgehead atoms. The number of fused-ring (bicyclic) bond motifs is 1. The van der Waals surface area contributed by atoms with Gasteiger partial charge in [-0.25, -0.2) is 0 Å². The van der Waals surface area contributed by atoms with E-state index in [0.29, 0.717) is 17.7 Å². The molecule has 1 saturated heterocycles. The van der Waals surface area contributed by atoms with Crippen LogP contribution in [0.4, 0.5) is 5.69 Å². The molecule has 0 spiro atoms. The van der Waals surface area contributed by atoms with Gasteiger partial charge in [-0.15, -0.1) is 11.8 Å². The summed E-state index contributed by atoms with van der Waals surface area (Å²) in [5.74, 6) is 1.77. The first-order valence-electron chi connectivity index (χ1n) is 9.98. The summed E-state index contributed by atoms with van der Waals surface area (Å²) in [6.45, 7) is 0.488. The highest BCUT2D eigenvalue weighted by Crippen LogP contribution is 2.36. The van der Waals surface area contributed by atoms with E-state index in [4.69, 9.17) is 9.47 Å². The number of methoxy groups -OCH3 is 1. The zero-order chi connectivity index (χ0) is 21.3. The molecule has 2 aromatic rings. The van der Waals surface area contributed by atoms with Crippen LogP contribution in [0.25, 0.3) is 0 Å². The SMILES string of the molecule is COc1ccc([C@@H]2O[C@H](CO)[C@@H](O)[C@H](O)[C@H]2O)cc1Cc1ccc2c(c1)NCCS2. The average molecular weight is 434 g/mol. The van der Waals surface area contributed by atoms with Crippen LogP contribution in [0, 0.1) is 0 Å². The van der Waals surface area contributed by atoms with Gasteiger partial charge in [0.15, 0.2) is 0 Å². The molecule has 7 nitrogen and oxygen atoms in total. The highest BCUT2D eigenvalue weighted by Gasteiger charge is 2.44. The number of hydrogen-bond acceptors (Lipinski definition) is 8. The Balaban J connectivity index is 1.62. The average Bonchev–Trinajstić information content (AvgIpc) is 2.77. The van der Waals surface area contributed by atoms with Gasteiger partial charge in [0.2, 0.25) is 0 Å². The van der Waals surface area contributed by atoms with Crippen LogP contribution < -0.4 is 10.1 Å². The van der Waals surface area contributed by atoms with Crippen molar-refractivity contribution in [1.29, 1.82) is 0 Å². The third-order valence-electron chi connectivity index (χ3n) is 5.64. The van der Waals surface area contributed by atoms with Crippen LogP contribution in [0.2, 0.25) is 0 Å². The normalized spacial score (nSPS) is 28.5. The van der Waals surface area contributed by atoms with Gasteiger partial charge in [-0.05, 0) is 41.0 Å². The maximum absolute atomic E-state index is 10.5. The zero-order valence-electron chi connectivity index (χ0n) is 16.7. The van der Waals surface area contributed by atoms with E-state index in [1.807, 2.05) is 17.8 Å². The smallest absolute Gasteiger partial charge is 0.122 e. The number of anilines is 1. The third-order valence-corrected chi connectivity index (χ3v) is 6.71. The van der Waals surface area contributed by atoms with Crippen molar-refractivity contribution in [2.24, 2.45) is 0 Å². The number of benzene rings is 2. The lowest BCUT2D eigenvalue weighted by molar-refractivity contribution is -0.231. The fraction of sp³-hybridized carbons (Fsp3) is 0.455. The Kier molecular flexibility index (Phi) is 6.52. The lowest BCUT2D eigenvalue weighted by Gasteiger charge is -2.40. The molecule has 0 unspecified atom stereocenters. The van der Waals surface area contributed by atoms with Crippen molar-refractivity contribution in [3.63, 3.8) is 0 Å². The molecule has 5 atom stereocenters. The first-order chi connectivity index (χ1) is 14.5. The Hall–Kier alpha value is -1.81. The highest BCUT2D eigenvalue weighted by molar-refractivity contribution is 7.99. The molecule has 4 rings (SSSR count). The van der Waals surface area contributed by atoms with Crippen LogP contribution in [0.5, 0.6) is 5.75 Å². The number of nitrogens with one attached hydrogen (secondary N) is 1. The minimum atomic E-state index is -1.41. The van der Waals surface area contributed by atoms with E-state index in [-0.39, 0.29) is 0 Å². The Bertz CT molecular complexity index is 892. The molecular weight excluding hydrogens is 406 g/mol. The monoisotopic (exact) mass is 433 g/mol. The van der Waals surface area contributed by atoms with Gasteiger partial charge in [-0.2, -0.15) is 0 Å². The van der Waals surface area contributed by atoms with Crippen molar-refractivity contribution in [3.05, 3.63) is 53.1 Å². The quantitative estimate of drug-likeness (QED) is 0.480. The van der Waals surface area contributed by atoms with Crippen molar-refractivity contribution in [2.75, 3.05) is 31.3 Å². The van der Waals surface area contributed by atoms with Crippen molar-refractivity contribution in [1.82, 2.24) is 0 Å². The Labute approximate surface area is 179 Å². The molecule has 2 aliphatic rings. The molecule has 0 saturated carbocycles. The van der Waals surface area contributed by atoms with Crippen molar-refractivity contribution >= 4 is 17.4 Å². The standard InChI is InChI=1S/C22H27NO6S/c1-28-16-4-3-13(22-21(27)20(26)19(25)17(11-24)29-22)10-14(16)8-12-2-5-18-15(9-12)23-6-7-30-18/h2-5,9-10,17,19-27H,6-8,11H2,1H3/t17-,19-,20+,21-,22+/m1/s1. The largest absolute Gasteiger partial charge is 0.496 e. The number of thioether (sulfide) groups is 1. The van der Waals surface area contributed by atoms with Gasteiger partial charge >= 0.3 is 0 Å². The van der Waals surface area contributed by atoms with E-state index in [2.05, 4.69) is 23.5 Å². The second-order valence-corrected chi connectivity index (χ2v) is 8.74. The summed E-state index contributed by atoms with van der Waals surface area (Å²) in [4.78, 5) is 1.24. The van der Waals surface area contributed by atoms with Gasteiger partial charge in [0.05, 0.1) is 13.7 Å². The Morgan fingerprint density at radius 1 is 1.10 bits per heavy atom. The first kappa shape index (κ1) is 21.4. The van der Waals surface area contributed by atoms with Crippen LogP contribution in [0.15, 0.2) is 41.3 Å². The lowest BCUT2D eigenvalue weighted by atomic mass is 9.90. The maximum atomic E-state index is 10.5. The molecule has 2 aromatic carbocycles. The molecule has 0 amide bonds. The molecule has 0 aliphatic carbocycles. The van der Waals surface area contributed by atoms with Crippen molar-refractivity contribution in [2.45, 2.75) is 41.8 Å². The summed E-state index contributed by atoms with van der Waals surface area (Å²) >= 11 is 1.84. The van der Waals surface area contributed by atoms with Gasteiger partial charge < -0.3 is 35.2 Å². The number of aliphatic hydroxyl groups excluding tert-OH is 4. The van der Waals surface area contributed by atoms with Crippen LogP contribution in [-0.2, 0) is 11.2 Å². The van der Waals surface area contributed by atoms with E-state index in [1.165, 1.54) is 4.90 Å². The van der Waals surface area contributed by atoms with Crippen molar-refractivity contribution in [3.8, 4) is 5.75 Å². The molecular formula is C22H27NO6S. The summed E-state index contributed by atoms with van der Waals surface area (Å²) in [6, 6.07) is 11.8. The van der Waals surface area contributed by atoms with Crippen molar-refractivity contribution < 1.29 is 29.9 Å². The number of aliphatic hydroxyl groups is 4. The van der Waals surface area contributed by atoms with Crippen LogP contribution in [0.3, 0.4) is 0 Å². The number of rotatable bonds is 5. The van der Waals surface area contributed by atoms with E-state index < -0.39 is 37.1 Å². The van der Waals surface area contributed by atoms with E-state index in [0.717, 1.165) is 29.1 Å². The molecule has 2 heterocycles. The summed E-state index contributed by atoms with van der Waals surface area (Å²) in [5.41, 5.74) is 3.81. The van der Waals surface area contributed by atoms with Gasteiger partial charge in [0.25, 0.3) is 0 Å². The minimum Gasteiger partial charge on any atom is -0.496 e. The van der Waals surface area contributed by atoms with Crippen LogP contribution >= 0.6 is 11.8 Å². The fourth-order valence-corrected chi connectivity index (χ4v) is 4.88. The molecule has 0 aromatic heterocycles. The Morgan fingerprint density at radius 3 is 2.70 bits per heavy atom. The lowest BCUT2D eigenvalue weighted by Crippen LogP contribution is -2.55. The van der Waals surface area contributed by atoms with Gasteiger partial charge in [-0.1, -0.05) is 12.1 Å². The number of ether oxygens (including phenoxy) is 2.